The number of anilines is 2. The van der Waals surface area contributed by atoms with Gasteiger partial charge in [-0.15, -0.1) is 10.2 Å². The van der Waals surface area contributed by atoms with Crippen molar-refractivity contribution in [1.29, 1.82) is 0 Å². The second-order valence-electron chi connectivity index (χ2n) is 7.00. The SMILES string of the molecule is COc1ccc(N(Cc2ccccc2)Cc2nnc(C(=O)Nc3ccc(Cl)cc3)s2)cc1. The van der Waals surface area contributed by atoms with E-state index in [1.54, 1.807) is 31.4 Å². The molecular weight excluding hydrogens is 444 g/mol. The first kappa shape index (κ1) is 21.8. The molecule has 0 bridgehead atoms. The van der Waals surface area contributed by atoms with Crippen LogP contribution in [0.4, 0.5) is 11.4 Å². The fourth-order valence-electron chi connectivity index (χ4n) is 3.13. The number of hydrogen-bond donors (Lipinski definition) is 1. The minimum atomic E-state index is -0.296. The van der Waals surface area contributed by atoms with E-state index in [-0.39, 0.29) is 5.91 Å². The Morgan fingerprint density at radius 3 is 2.38 bits per heavy atom. The number of aromatic nitrogens is 2. The van der Waals surface area contributed by atoms with E-state index in [0.29, 0.717) is 28.8 Å². The van der Waals surface area contributed by atoms with Gasteiger partial charge in [0.15, 0.2) is 0 Å². The summed E-state index contributed by atoms with van der Waals surface area (Å²) in [5.74, 6) is 0.501. The van der Waals surface area contributed by atoms with E-state index in [1.165, 1.54) is 16.9 Å². The van der Waals surface area contributed by atoms with Crippen LogP contribution in [0.3, 0.4) is 0 Å². The molecule has 0 atom stereocenters. The van der Waals surface area contributed by atoms with Gasteiger partial charge in [0.05, 0.1) is 13.7 Å². The first-order valence-corrected chi connectivity index (χ1v) is 11.1. The molecule has 0 aliphatic heterocycles. The Labute approximate surface area is 195 Å². The molecule has 0 spiro atoms. The highest BCUT2D eigenvalue weighted by molar-refractivity contribution is 7.13. The van der Waals surface area contributed by atoms with Gasteiger partial charge in [-0.2, -0.15) is 0 Å². The molecular formula is C24H21ClN4O2S. The fraction of sp³-hybridized carbons (Fsp3) is 0.125. The molecule has 32 heavy (non-hydrogen) atoms. The first-order chi connectivity index (χ1) is 15.6. The third kappa shape index (κ3) is 5.63. The molecule has 0 fully saturated rings. The number of nitrogens with zero attached hydrogens (tertiary/aromatic N) is 3. The lowest BCUT2D eigenvalue weighted by Gasteiger charge is -2.24. The molecule has 1 N–H and O–H groups in total. The van der Waals surface area contributed by atoms with Crippen LogP contribution in [-0.2, 0) is 13.1 Å². The van der Waals surface area contributed by atoms with Gasteiger partial charge in [-0.25, -0.2) is 0 Å². The van der Waals surface area contributed by atoms with E-state index in [9.17, 15) is 4.79 Å². The molecule has 0 saturated heterocycles. The minimum absolute atomic E-state index is 0.296. The first-order valence-electron chi connectivity index (χ1n) is 9.93. The van der Waals surface area contributed by atoms with Crippen molar-refractivity contribution in [3.63, 3.8) is 0 Å². The molecule has 4 aromatic rings. The smallest absolute Gasteiger partial charge is 0.286 e. The zero-order valence-electron chi connectivity index (χ0n) is 17.4. The zero-order chi connectivity index (χ0) is 22.3. The largest absolute Gasteiger partial charge is 0.497 e. The second-order valence-corrected chi connectivity index (χ2v) is 8.50. The standard InChI is InChI=1S/C24H21ClN4O2S/c1-31-21-13-11-20(12-14-21)29(15-17-5-3-2-4-6-17)16-22-27-28-24(32-22)23(30)26-19-9-7-18(25)8-10-19/h2-14H,15-16H2,1H3,(H,26,30). The van der Waals surface area contributed by atoms with E-state index >= 15 is 0 Å². The summed E-state index contributed by atoms with van der Waals surface area (Å²) in [4.78, 5) is 14.8. The molecule has 0 aliphatic carbocycles. The van der Waals surface area contributed by atoms with Crippen molar-refractivity contribution < 1.29 is 9.53 Å². The van der Waals surface area contributed by atoms with Crippen molar-refractivity contribution in [2.45, 2.75) is 13.1 Å². The summed E-state index contributed by atoms with van der Waals surface area (Å²) >= 11 is 7.18. The number of methoxy groups -OCH3 is 1. The van der Waals surface area contributed by atoms with Gasteiger partial charge in [-0.3, -0.25) is 4.79 Å². The summed E-state index contributed by atoms with van der Waals surface area (Å²) in [6.45, 7) is 1.21. The maximum Gasteiger partial charge on any atom is 0.286 e. The number of benzene rings is 3. The third-order valence-electron chi connectivity index (χ3n) is 4.74. The Bertz CT molecular complexity index is 1160. The van der Waals surface area contributed by atoms with E-state index in [4.69, 9.17) is 16.3 Å². The summed E-state index contributed by atoms with van der Waals surface area (Å²) in [6, 6.07) is 25.0. The van der Waals surface area contributed by atoms with Gasteiger partial charge in [-0.1, -0.05) is 53.3 Å². The average Bonchev–Trinajstić information content (AvgIpc) is 3.30. The number of carbonyl (C=O) groups is 1. The van der Waals surface area contributed by atoms with Crippen LogP contribution in [0, 0.1) is 0 Å². The van der Waals surface area contributed by atoms with Crippen LogP contribution in [0.25, 0.3) is 0 Å². The molecule has 6 nitrogen and oxygen atoms in total. The maximum atomic E-state index is 12.6. The van der Waals surface area contributed by atoms with E-state index in [1.807, 2.05) is 42.5 Å². The average molecular weight is 465 g/mol. The van der Waals surface area contributed by atoms with Gasteiger partial charge >= 0.3 is 0 Å². The Balaban J connectivity index is 1.50. The lowest BCUT2D eigenvalue weighted by molar-refractivity contribution is 0.102. The van der Waals surface area contributed by atoms with Crippen LogP contribution < -0.4 is 15.0 Å². The van der Waals surface area contributed by atoms with Gasteiger partial charge in [-0.05, 0) is 54.1 Å². The highest BCUT2D eigenvalue weighted by Crippen LogP contribution is 2.24. The number of hydrogen-bond acceptors (Lipinski definition) is 6. The van der Waals surface area contributed by atoms with Crippen molar-refractivity contribution in [1.82, 2.24) is 10.2 Å². The van der Waals surface area contributed by atoms with E-state index < -0.39 is 0 Å². The molecule has 1 amide bonds. The predicted octanol–water partition coefficient (Wildman–Crippen LogP) is 5.66. The van der Waals surface area contributed by atoms with Crippen LogP contribution in [0.2, 0.25) is 5.02 Å². The number of rotatable bonds is 8. The number of halogens is 1. The van der Waals surface area contributed by atoms with Crippen molar-refractivity contribution >= 4 is 40.2 Å². The monoisotopic (exact) mass is 464 g/mol. The summed E-state index contributed by atoms with van der Waals surface area (Å²) < 4.78 is 5.28. The lowest BCUT2D eigenvalue weighted by Crippen LogP contribution is -2.22. The molecule has 3 aromatic carbocycles. The topological polar surface area (TPSA) is 67.3 Å². The summed E-state index contributed by atoms with van der Waals surface area (Å²) in [5.41, 5.74) is 2.85. The second kappa shape index (κ2) is 10.3. The molecule has 0 saturated carbocycles. The Hall–Kier alpha value is -3.42. The normalized spacial score (nSPS) is 10.6. The highest BCUT2D eigenvalue weighted by Gasteiger charge is 2.16. The van der Waals surface area contributed by atoms with Crippen molar-refractivity contribution in [3.8, 4) is 5.75 Å². The number of carbonyl (C=O) groups excluding carboxylic acids is 1. The quantitative estimate of drug-likeness (QED) is 0.364. The van der Waals surface area contributed by atoms with Gasteiger partial charge in [0, 0.05) is 22.9 Å². The third-order valence-corrected chi connectivity index (χ3v) is 5.90. The van der Waals surface area contributed by atoms with Gasteiger partial charge < -0.3 is 15.0 Å². The molecule has 0 aliphatic rings. The molecule has 0 radical (unpaired) electrons. The summed E-state index contributed by atoms with van der Waals surface area (Å²) in [5, 5.41) is 12.8. The summed E-state index contributed by atoms with van der Waals surface area (Å²) in [7, 11) is 1.65. The zero-order valence-corrected chi connectivity index (χ0v) is 18.9. The Kier molecular flexibility index (Phi) is 6.99. The van der Waals surface area contributed by atoms with E-state index in [0.717, 1.165) is 16.4 Å². The summed E-state index contributed by atoms with van der Waals surface area (Å²) in [6.07, 6.45) is 0. The van der Waals surface area contributed by atoms with Crippen LogP contribution in [0.1, 0.15) is 20.4 Å². The Morgan fingerprint density at radius 1 is 0.969 bits per heavy atom. The molecule has 1 heterocycles. The van der Waals surface area contributed by atoms with Crippen LogP contribution in [0.15, 0.2) is 78.9 Å². The molecule has 162 valence electrons. The maximum absolute atomic E-state index is 12.6. The van der Waals surface area contributed by atoms with Crippen molar-refractivity contribution in [2.24, 2.45) is 0 Å². The van der Waals surface area contributed by atoms with Gasteiger partial charge in [0.25, 0.3) is 5.91 Å². The predicted molar refractivity (Wildman–Crippen MR) is 129 cm³/mol. The molecule has 8 heteroatoms. The number of ether oxygens (including phenoxy) is 1. The van der Waals surface area contributed by atoms with Crippen molar-refractivity contribution in [2.75, 3.05) is 17.3 Å². The number of nitrogens with one attached hydrogen (secondary N) is 1. The molecule has 0 unspecified atom stereocenters. The molecule has 1 aromatic heterocycles. The van der Waals surface area contributed by atoms with Gasteiger partial charge in [0.1, 0.15) is 10.8 Å². The van der Waals surface area contributed by atoms with E-state index in [2.05, 4.69) is 32.5 Å². The lowest BCUT2D eigenvalue weighted by atomic mass is 10.2. The van der Waals surface area contributed by atoms with Gasteiger partial charge in [0.2, 0.25) is 5.01 Å². The minimum Gasteiger partial charge on any atom is -0.497 e. The highest BCUT2D eigenvalue weighted by atomic mass is 35.5. The fourth-order valence-corrected chi connectivity index (χ4v) is 4.00. The van der Waals surface area contributed by atoms with Crippen LogP contribution in [-0.4, -0.2) is 23.2 Å². The van der Waals surface area contributed by atoms with Crippen molar-refractivity contribution in [3.05, 3.63) is 99.5 Å². The molecule has 4 rings (SSSR count). The number of amides is 1. The van der Waals surface area contributed by atoms with Crippen LogP contribution >= 0.6 is 22.9 Å². The Morgan fingerprint density at radius 2 is 1.69 bits per heavy atom. The van der Waals surface area contributed by atoms with Crippen LogP contribution in [0.5, 0.6) is 5.75 Å².